The molecule has 0 spiro atoms. The summed E-state index contributed by atoms with van der Waals surface area (Å²) in [5.74, 6) is 0.418. The Bertz CT molecular complexity index is 1270. The Morgan fingerprint density at radius 1 is 0.552 bits per heavy atom. The molecular formula is C29H24. The van der Waals surface area contributed by atoms with Gasteiger partial charge in [-0.1, -0.05) is 116 Å². The van der Waals surface area contributed by atoms with E-state index in [-0.39, 0.29) is 0 Å². The highest BCUT2D eigenvalue weighted by Crippen LogP contribution is 2.33. The predicted octanol–water partition coefficient (Wildman–Crippen LogP) is 8.20. The highest BCUT2D eigenvalue weighted by Gasteiger charge is 2.13. The zero-order valence-electron chi connectivity index (χ0n) is 16.7. The van der Waals surface area contributed by atoms with E-state index in [0.29, 0.717) is 5.92 Å². The molecule has 0 heterocycles. The minimum absolute atomic E-state index is 0.418. The number of hydrogen-bond donors (Lipinski definition) is 0. The van der Waals surface area contributed by atoms with Gasteiger partial charge >= 0.3 is 0 Å². The van der Waals surface area contributed by atoms with Gasteiger partial charge in [0.1, 0.15) is 0 Å². The smallest absolute Gasteiger partial charge is 0.00869 e. The first-order valence-corrected chi connectivity index (χ1v) is 10.4. The molecular weight excluding hydrogens is 348 g/mol. The summed E-state index contributed by atoms with van der Waals surface area (Å²) in [6, 6.07) is 39.8. The van der Waals surface area contributed by atoms with Gasteiger partial charge in [-0.2, -0.15) is 0 Å². The minimum atomic E-state index is 0.418. The average molecular weight is 373 g/mol. The largest absolute Gasteiger partial charge is 0.0645 e. The molecule has 140 valence electrons. The summed E-state index contributed by atoms with van der Waals surface area (Å²) >= 11 is 0. The third kappa shape index (κ3) is 3.32. The van der Waals surface area contributed by atoms with Crippen LogP contribution < -0.4 is 0 Å². The van der Waals surface area contributed by atoms with E-state index >= 15 is 0 Å². The van der Waals surface area contributed by atoms with Crippen molar-refractivity contribution < 1.29 is 0 Å². The average Bonchev–Trinajstić information content (AvgIpc) is 2.80. The number of hydrogen-bond acceptors (Lipinski definition) is 0. The SMILES string of the molecule is CCC(c1ccc(-c2cccc3ccccc23)cc1)c1ccc2ccccc2c1. The van der Waals surface area contributed by atoms with Crippen molar-refractivity contribution in [1.82, 2.24) is 0 Å². The van der Waals surface area contributed by atoms with Crippen LogP contribution in [0.1, 0.15) is 30.4 Å². The molecule has 0 nitrogen and oxygen atoms in total. The van der Waals surface area contributed by atoms with Crippen LogP contribution in [0.3, 0.4) is 0 Å². The first-order chi connectivity index (χ1) is 14.3. The summed E-state index contributed by atoms with van der Waals surface area (Å²) in [6.07, 6.45) is 1.09. The van der Waals surface area contributed by atoms with Crippen molar-refractivity contribution in [3.63, 3.8) is 0 Å². The maximum Gasteiger partial charge on any atom is 0.00869 e. The monoisotopic (exact) mass is 372 g/mol. The fraction of sp³-hybridized carbons (Fsp3) is 0.103. The molecule has 0 saturated heterocycles. The summed E-state index contributed by atoms with van der Waals surface area (Å²) in [5, 5.41) is 5.22. The molecule has 0 fully saturated rings. The zero-order chi connectivity index (χ0) is 19.6. The molecule has 0 N–H and O–H groups in total. The first kappa shape index (κ1) is 17.7. The van der Waals surface area contributed by atoms with Crippen LogP contribution >= 0.6 is 0 Å². The molecule has 0 aliphatic heterocycles. The fourth-order valence-corrected chi connectivity index (χ4v) is 4.46. The lowest BCUT2D eigenvalue weighted by Crippen LogP contribution is -1.99. The normalized spacial score (nSPS) is 12.3. The van der Waals surface area contributed by atoms with Gasteiger partial charge in [0.05, 0.1) is 0 Å². The maximum atomic E-state index is 2.35. The number of benzene rings is 5. The predicted molar refractivity (Wildman–Crippen MR) is 125 cm³/mol. The van der Waals surface area contributed by atoms with E-state index in [0.717, 1.165) is 6.42 Å². The van der Waals surface area contributed by atoms with Crippen LogP contribution in [0, 0.1) is 0 Å². The molecule has 0 aliphatic rings. The van der Waals surface area contributed by atoms with Crippen molar-refractivity contribution in [3.05, 3.63) is 120 Å². The molecule has 0 radical (unpaired) electrons. The Labute approximate surface area is 172 Å². The van der Waals surface area contributed by atoms with Crippen LogP contribution in [0.4, 0.5) is 0 Å². The van der Waals surface area contributed by atoms with Gasteiger partial charge in [-0.25, -0.2) is 0 Å². The molecule has 5 rings (SSSR count). The Hall–Kier alpha value is -3.38. The highest BCUT2D eigenvalue weighted by atomic mass is 14.2. The second-order valence-electron chi connectivity index (χ2n) is 7.72. The molecule has 29 heavy (non-hydrogen) atoms. The van der Waals surface area contributed by atoms with Crippen molar-refractivity contribution in [3.8, 4) is 11.1 Å². The van der Waals surface area contributed by atoms with Gasteiger partial charge in [0.15, 0.2) is 0 Å². The minimum Gasteiger partial charge on any atom is -0.0645 e. The zero-order valence-corrected chi connectivity index (χ0v) is 16.7. The van der Waals surface area contributed by atoms with Crippen molar-refractivity contribution in [2.45, 2.75) is 19.3 Å². The quantitative estimate of drug-likeness (QED) is 0.298. The first-order valence-electron chi connectivity index (χ1n) is 10.4. The summed E-state index contributed by atoms with van der Waals surface area (Å²) in [4.78, 5) is 0. The van der Waals surface area contributed by atoms with E-state index in [9.17, 15) is 0 Å². The molecule has 0 aromatic heterocycles. The lowest BCUT2D eigenvalue weighted by Gasteiger charge is -2.17. The topological polar surface area (TPSA) is 0 Å². The van der Waals surface area contributed by atoms with Crippen LogP contribution in [0.2, 0.25) is 0 Å². The molecule has 0 amide bonds. The number of fused-ring (bicyclic) bond motifs is 2. The van der Waals surface area contributed by atoms with Gasteiger partial charge in [0.2, 0.25) is 0 Å². The van der Waals surface area contributed by atoms with E-state index in [4.69, 9.17) is 0 Å². The van der Waals surface area contributed by atoms with Gasteiger partial charge in [-0.3, -0.25) is 0 Å². The Morgan fingerprint density at radius 3 is 2.00 bits per heavy atom. The Morgan fingerprint density at radius 2 is 1.21 bits per heavy atom. The van der Waals surface area contributed by atoms with Crippen molar-refractivity contribution in [2.75, 3.05) is 0 Å². The van der Waals surface area contributed by atoms with Crippen LogP contribution in [0.15, 0.2) is 109 Å². The molecule has 0 saturated carbocycles. The third-order valence-corrected chi connectivity index (χ3v) is 6.00. The highest BCUT2D eigenvalue weighted by molar-refractivity contribution is 5.96. The lowest BCUT2D eigenvalue weighted by atomic mass is 9.87. The molecule has 5 aromatic carbocycles. The summed E-state index contributed by atoms with van der Waals surface area (Å²) in [7, 11) is 0. The molecule has 1 unspecified atom stereocenters. The van der Waals surface area contributed by atoms with E-state index in [1.165, 1.54) is 43.8 Å². The number of rotatable bonds is 4. The molecule has 0 aliphatic carbocycles. The van der Waals surface area contributed by atoms with E-state index in [1.54, 1.807) is 0 Å². The van der Waals surface area contributed by atoms with E-state index < -0.39 is 0 Å². The van der Waals surface area contributed by atoms with Crippen LogP contribution in [-0.2, 0) is 0 Å². The summed E-state index contributed by atoms with van der Waals surface area (Å²) in [5.41, 5.74) is 5.35. The molecule has 0 bridgehead atoms. The Balaban J connectivity index is 1.52. The van der Waals surface area contributed by atoms with Crippen molar-refractivity contribution in [2.24, 2.45) is 0 Å². The standard InChI is InChI=1S/C29H24/c1-2-27(26-19-14-21-8-3-4-10-25(21)20-26)23-15-17-24(18-16-23)29-13-7-11-22-9-5-6-12-28(22)29/h3-20,27H,2H2,1H3. The van der Waals surface area contributed by atoms with Crippen LogP contribution in [0.5, 0.6) is 0 Å². The lowest BCUT2D eigenvalue weighted by molar-refractivity contribution is 0.778. The second kappa shape index (κ2) is 7.56. The van der Waals surface area contributed by atoms with Crippen LogP contribution in [-0.4, -0.2) is 0 Å². The van der Waals surface area contributed by atoms with Gasteiger partial charge in [0, 0.05) is 5.92 Å². The van der Waals surface area contributed by atoms with Gasteiger partial charge < -0.3 is 0 Å². The Kier molecular flexibility index (Phi) is 4.62. The van der Waals surface area contributed by atoms with E-state index in [2.05, 4.69) is 116 Å². The van der Waals surface area contributed by atoms with Gasteiger partial charge in [-0.05, 0) is 50.2 Å². The fourth-order valence-electron chi connectivity index (χ4n) is 4.46. The van der Waals surface area contributed by atoms with Crippen molar-refractivity contribution >= 4 is 21.5 Å². The second-order valence-corrected chi connectivity index (χ2v) is 7.72. The van der Waals surface area contributed by atoms with Gasteiger partial charge in [-0.15, -0.1) is 0 Å². The van der Waals surface area contributed by atoms with Crippen molar-refractivity contribution in [1.29, 1.82) is 0 Å². The maximum absolute atomic E-state index is 2.35. The van der Waals surface area contributed by atoms with Gasteiger partial charge in [0.25, 0.3) is 0 Å². The summed E-state index contributed by atoms with van der Waals surface area (Å²) in [6.45, 7) is 2.28. The molecule has 1 atom stereocenters. The van der Waals surface area contributed by atoms with Crippen LogP contribution in [0.25, 0.3) is 32.7 Å². The molecule has 5 aromatic rings. The van der Waals surface area contributed by atoms with E-state index in [1.807, 2.05) is 0 Å². The molecule has 0 heteroatoms. The third-order valence-electron chi connectivity index (χ3n) is 6.00. The summed E-state index contributed by atoms with van der Waals surface area (Å²) < 4.78 is 0.